The first-order chi connectivity index (χ1) is 8.56. The molecule has 1 aliphatic rings. The van der Waals surface area contributed by atoms with E-state index in [0.717, 1.165) is 12.8 Å². The fourth-order valence-electron chi connectivity index (χ4n) is 1.57. The Balaban J connectivity index is 2.16. The summed E-state index contributed by atoms with van der Waals surface area (Å²) in [4.78, 5) is 25.4. The third-order valence-electron chi connectivity index (χ3n) is 2.70. The molecule has 0 aromatic carbocycles. The fourth-order valence-corrected chi connectivity index (χ4v) is 1.57. The van der Waals surface area contributed by atoms with Gasteiger partial charge in [-0.2, -0.15) is 0 Å². The normalized spacial score (nSPS) is 14.3. The molecule has 1 aromatic rings. The fraction of sp³-hybridized carbons (Fsp3) is 0.500. The van der Waals surface area contributed by atoms with Gasteiger partial charge in [0.2, 0.25) is 5.88 Å². The van der Waals surface area contributed by atoms with Crippen LogP contribution in [-0.4, -0.2) is 22.3 Å². The standard InChI is InChI=1S/C12H14N2O4/c1-8(15)6-10-11(14(16)17)4-5-12(13-10)18-7-9-2-3-9/h4-5,9H,2-3,6-7H2,1H3. The van der Waals surface area contributed by atoms with E-state index in [4.69, 9.17) is 4.74 Å². The number of hydrogen-bond acceptors (Lipinski definition) is 5. The number of carbonyl (C=O) groups is 1. The summed E-state index contributed by atoms with van der Waals surface area (Å²) in [6.45, 7) is 1.97. The minimum atomic E-state index is -0.532. The van der Waals surface area contributed by atoms with Crippen molar-refractivity contribution >= 4 is 11.5 Å². The third-order valence-corrected chi connectivity index (χ3v) is 2.70. The highest BCUT2D eigenvalue weighted by Crippen LogP contribution is 2.29. The monoisotopic (exact) mass is 250 g/mol. The Bertz CT molecular complexity index is 483. The van der Waals surface area contributed by atoms with E-state index in [1.165, 1.54) is 19.1 Å². The second kappa shape index (κ2) is 5.12. The van der Waals surface area contributed by atoms with Crippen molar-refractivity contribution in [2.24, 2.45) is 5.92 Å². The molecule has 0 radical (unpaired) electrons. The summed E-state index contributed by atoms with van der Waals surface area (Å²) in [7, 11) is 0. The predicted molar refractivity (Wildman–Crippen MR) is 63.5 cm³/mol. The number of ether oxygens (including phenoxy) is 1. The van der Waals surface area contributed by atoms with E-state index < -0.39 is 4.92 Å². The molecule has 1 aliphatic carbocycles. The average molecular weight is 250 g/mol. The molecule has 2 rings (SSSR count). The van der Waals surface area contributed by atoms with Crippen LogP contribution in [0.25, 0.3) is 0 Å². The quantitative estimate of drug-likeness (QED) is 0.569. The average Bonchev–Trinajstić information content (AvgIpc) is 3.09. The van der Waals surface area contributed by atoms with Crippen LogP contribution in [0.1, 0.15) is 25.5 Å². The lowest BCUT2D eigenvalue weighted by atomic mass is 10.2. The van der Waals surface area contributed by atoms with Crippen LogP contribution in [0, 0.1) is 16.0 Å². The maximum absolute atomic E-state index is 11.1. The molecule has 1 heterocycles. The Kier molecular flexibility index (Phi) is 3.55. The zero-order chi connectivity index (χ0) is 13.1. The van der Waals surface area contributed by atoms with Crippen molar-refractivity contribution in [2.45, 2.75) is 26.2 Å². The van der Waals surface area contributed by atoms with Crippen LogP contribution in [0.5, 0.6) is 5.88 Å². The van der Waals surface area contributed by atoms with E-state index in [1.54, 1.807) is 0 Å². The first-order valence-corrected chi connectivity index (χ1v) is 5.83. The van der Waals surface area contributed by atoms with Crippen LogP contribution in [0.3, 0.4) is 0 Å². The molecule has 0 atom stereocenters. The van der Waals surface area contributed by atoms with Gasteiger partial charge in [-0.05, 0) is 25.7 Å². The molecule has 18 heavy (non-hydrogen) atoms. The summed E-state index contributed by atoms with van der Waals surface area (Å²) >= 11 is 0. The molecule has 6 nitrogen and oxygen atoms in total. The largest absolute Gasteiger partial charge is 0.477 e. The van der Waals surface area contributed by atoms with Crippen LogP contribution in [0.15, 0.2) is 12.1 Å². The molecule has 0 saturated heterocycles. The summed E-state index contributed by atoms with van der Waals surface area (Å²) in [6, 6.07) is 2.82. The highest BCUT2D eigenvalue weighted by Gasteiger charge is 2.23. The Morgan fingerprint density at radius 3 is 2.83 bits per heavy atom. The number of ketones is 1. The molecule has 0 bridgehead atoms. The van der Waals surface area contributed by atoms with Crippen molar-refractivity contribution in [1.82, 2.24) is 4.98 Å². The predicted octanol–water partition coefficient (Wildman–Crippen LogP) is 1.91. The van der Waals surface area contributed by atoms with Crippen LogP contribution in [-0.2, 0) is 11.2 Å². The second-order valence-electron chi connectivity index (χ2n) is 4.51. The zero-order valence-corrected chi connectivity index (χ0v) is 10.1. The van der Waals surface area contributed by atoms with Gasteiger partial charge in [-0.3, -0.25) is 14.9 Å². The van der Waals surface area contributed by atoms with Gasteiger partial charge >= 0.3 is 0 Å². The molecule has 1 saturated carbocycles. The van der Waals surface area contributed by atoms with E-state index >= 15 is 0 Å². The van der Waals surface area contributed by atoms with E-state index in [9.17, 15) is 14.9 Å². The number of rotatable bonds is 6. The zero-order valence-electron chi connectivity index (χ0n) is 10.1. The molecule has 0 amide bonds. The first kappa shape index (κ1) is 12.5. The molecule has 1 aromatic heterocycles. The van der Waals surface area contributed by atoms with Crippen LogP contribution in [0.4, 0.5) is 5.69 Å². The number of Topliss-reactive ketones (excluding diaryl/α,β-unsaturated/α-hetero) is 1. The molecule has 6 heteroatoms. The van der Waals surface area contributed by atoms with Gasteiger partial charge in [0.15, 0.2) is 0 Å². The summed E-state index contributed by atoms with van der Waals surface area (Å²) in [5.41, 5.74) is 0.0322. The molecule has 0 aliphatic heterocycles. The highest BCUT2D eigenvalue weighted by atomic mass is 16.6. The molecule has 0 spiro atoms. The second-order valence-corrected chi connectivity index (χ2v) is 4.51. The number of hydrogen-bond donors (Lipinski definition) is 0. The van der Waals surface area contributed by atoms with Gasteiger partial charge in [0.1, 0.15) is 11.5 Å². The number of carbonyl (C=O) groups excluding carboxylic acids is 1. The van der Waals surface area contributed by atoms with Crippen molar-refractivity contribution in [3.63, 3.8) is 0 Å². The summed E-state index contributed by atoms with van der Waals surface area (Å²) in [6.07, 6.45) is 2.28. The van der Waals surface area contributed by atoms with Crippen molar-refractivity contribution in [2.75, 3.05) is 6.61 Å². The van der Waals surface area contributed by atoms with Gasteiger partial charge in [-0.15, -0.1) is 0 Å². The Hall–Kier alpha value is -1.98. The lowest BCUT2D eigenvalue weighted by Crippen LogP contribution is -2.07. The molecule has 0 unspecified atom stereocenters. The van der Waals surface area contributed by atoms with Crippen molar-refractivity contribution in [3.05, 3.63) is 27.9 Å². The third kappa shape index (κ3) is 3.26. The van der Waals surface area contributed by atoms with Gasteiger partial charge in [0.25, 0.3) is 5.69 Å². The highest BCUT2D eigenvalue weighted by molar-refractivity contribution is 5.78. The molecular weight excluding hydrogens is 236 g/mol. The Morgan fingerprint density at radius 1 is 1.56 bits per heavy atom. The topological polar surface area (TPSA) is 82.3 Å². The summed E-state index contributed by atoms with van der Waals surface area (Å²) in [5, 5.41) is 10.8. The number of pyridine rings is 1. The number of aromatic nitrogens is 1. The van der Waals surface area contributed by atoms with Gasteiger partial charge in [-0.25, -0.2) is 4.98 Å². The SMILES string of the molecule is CC(=O)Cc1nc(OCC2CC2)ccc1[N+](=O)[O-]. The molecule has 0 N–H and O–H groups in total. The van der Waals surface area contributed by atoms with Crippen molar-refractivity contribution in [3.8, 4) is 5.88 Å². The van der Waals surface area contributed by atoms with Gasteiger partial charge in [0, 0.05) is 12.1 Å². The van der Waals surface area contributed by atoms with Crippen LogP contribution < -0.4 is 4.74 Å². The molecular formula is C12H14N2O4. The Morgan fingerprint density at radius 2 is 2.28 bits per heavy atom. The van der Waals surface area contributed by atoms with Gasteiger partial charge in [0.05, 0.1) is 18.0 Å². The first-order valence-electron chi connectivity index (χ1n) is 5.83. The van der Waals surface area contributed by atoms with Gasteiger partial charge in [-0.1, -0.05) is 0 Å². The minimum Gasteiger partial charge on any atom is -0.477 e. The van der Waals surface area contributed by atoms with E-state index in [1.807, 2.05) is 0 Å². The Labute approximate surface area is 104 Å². The lowest BCUT2D eigenvalue weighted by molar-refractivity contribution is -0.385. The van der Waals surface area contributed by atoms with E-state index in [-0.39, 0.29) is 23.6 Å². The van der Waals surface area contributed by atoms with Crippen molar-refractivity contribution in [1.29, 1.82) is 0 Å². The maximum atomic E-state index is 11.1. The number of nitrogens with zero attached hydrogens (tertiary/aromatic N) is 2. The summed E-state index contributed by atoms with van der Waals surface area (Å²) < 4.78 is 5.44. The maximum Gasteiger partial charge on any atom is 0.291 e. The van der Waals surface area contributed by atoms with E-state index in [2.05, 4.69) is 4.98 Å². The smallest absolute Gasteiger partial charge is 0.291 e. The minimum absolute atomic E-state index is 0.0447. The van der Waals surface area contributed by atoms with Crippen LogP contribution in [0.2, 0.25) is 0 Å². The molecule has 96 valence electrons. The van der Waals surface area contributed by atoms with Crippen LogP contribution >= 0.6 is 0 Å². The van der Waals surface area contributed by atoms with E-state index in [0.29, 0.717) is 18.4 Å². The number of nitro groups is 1. The molecule has 1 fully saturated rings. The summed E-state index contributed by atoms with van der Waals surface area (Å²) in [5.74, 6) is 0.770. The van der Waals surface area contributed by atoms with Crippen molar-refractivity contribution < 1.29 is 14.5 Å². The van der Waals surface area contributed by atoms with Gasteiger partial charge < -0.3 is 4.74 Å². The lowest BCUT2D eigenvalue weighted by Gasteiger charge is -2.06.